The van der Waals surface area contributed by atoms with Gasteiger partial charge in [-0.3, -0.25) is 9.48 Å². The lowest BCUT2D eigenvalue weighted by atomic mass is 10.1. The number of halogens is 1. The maximum atomic E-state index is 13.8. The summed E-state index contributed by atoms with van der Waals surface area (Å²) >= 11 is 1.61. The lowest BCUT2D eigenvalue weighted by molar-refractivity contribution is 0.0948. The zero-order chi connectivity index (χ0) is 18.7. The number of nitrogens with one attached hydrogen (secondary N) is 1. The van der Waals surface area contributed by atoms with Crippen LogP contribution in [0, 0.1) is 19.7 Å². The van der Waals surface area contributed by atoms with Gasteiger partial charge in [-0.15, -0.1) is 11.3 Å². The number of methoxy groups -OCH3 is 1. The van der Waals surface area contributed by atoms with E-state index in [4.69, 9.17) is 4.74 Å². The van der Waals surface area contributed by atoms with Gasteiger partial charge in [0, 0.05) is 22.7 Å². The maximum absolute atomic E-state index is 13.8. The highest BCUT2D eigenvalue weighted by molar-refractivity contribution is 7.10. The highest BCUT2D eigenvalue weighted by Crippen LogP contribution is 2.24. The van der Waals surface area contributed by atoms with Gasteiger partial charge in [-0.1, -0.05) is 6.07 Å². The smallest absolute Gasteiger partial charge is 0.251 e. The van der Waals surface area contributed by atoms with Crippen LogP contribution in [0.5, 0.6) is 5.75 Å². The summed E-state index contributed by atoms with van der Waals surface area (Å²) in [6.07, 6.45) is 0. The lowest BCUT2D eigenvalue weighted by Crippen LogP contribution is -2.32. The van der Waals surface area contributed by atoms with Gasteiger partial charge in [-0.25, -0.2) is 4.39 Å². The zero-order valence-electron chi connectivity index (χ0n) is 14.8. The van der Waals surface area contributed by atoms with Gasteiger partial charge >= 0.3 is 0 Å². The normalized spacial score (nSPS) is 12.0. The summed E-state index contributed by atoms with van der Waals surface area (Å²) in [6.45, 7) is 4.28. The minimum absolute atomic E-state index is 0.112. The summed E-state index contributed by atoms with van der Waals surface area (Å²) < 4.78 is 20.6. The van der Waals surface area contributed by atoms with Crippen LogP contribution < -0.4 is 10.1 Å². The SMILES string of the molecule is COc1ccc(C(=O)NC[C@@H](c2cccs2)n2nc(C)cc2C)cc1F. The quantitative estimate of drug-likeness (QED) is 0.716. The number of carbonyl (C=O) groups is 1. The second-order valence-electron chi connectivity index (χ2n) is 5.96. The van der Waals surface area contributed by atoms with E-state index in [2.05, 4.69) is 10.4 Å². The molecule has 0 aliphatic heterocycles. The van der Waals surface area contributed by atoms with Crippen molar-refractivity contribution in [2.24, 2.45) is 0 Å². The van der Waals surface area contributed by atoms with Gasteiger partial charge in [0.2, 0.25) is 0 Å². The summed E-state index contributed by atoms with van der Waals surface area (Å²) in [5.41, 5.74) is 2.19. The zero-order valence-corrected chi connectivity index (χ0v) is 15.6. The number of thiophene rings is 1. The number of hydrogen-bond donors (Lipinski definition) is 1. The number of nitrogens with zero attached hydrogens (tertiary/aromatic N) is 2. The molecule has 1 atom stereocenters. The highest BCUT2D eigenvalue weighted by atomic mass is 32.1. The van der Waals surface area contributed by atoms with E-state index in [9.17, 15) is 9.18 Å². The third kappa shape index (κ3) is 3.77. The summed E-state index contributed by atoms with van der Waals surface area (Å²) in [7, 11) is 1.39. The fourth-order valence-electron chi connectivity index (χ4n) is 2.85. The summed E-state index contributed by atoms with van der Waals surface area (Å²) in [4.78, 5) is 13.5. The summed E-state index contributed by atoms with van der Waals surface area (Å²) in [5.74, 6) is -0.788. The van der Waals surface area contributed by atoms with Crippen molar-refractivity contribution in [2.75, 3.05) is 13.7 Å². The van der Waals surface area contributed by atoms with Crippen LogP contribution in [0.2, 0.25) is 0 Å². The molecule has 3 rings (SSSR count). The predicted molar refractivity (Wildman–Crippen MR) is 99.4 cm³/mol. The van der Waals surface area contributed by atoms with E-state index in [-0.39, 0.29) is 23.3 Å². The molecule has 0 radical (unpaired) electrons. The Morgan fingerprint density at radius 3 is 2.73 bits per heavy atom. The number of aryl methyl sites for hydroxylation is 2. The van der Waals surface area contributed by atoms with Crippen molar-refractivity contribution in [1.29, 1.82) is 0 Å². The number of rotatable bonds is 6. The van der Waals surface area contributed by atoms with Crippen molar-refractivity contribution in [2.45, 2.75) is 19.9 Å². The molecule has 5 nitrogen and oxygen atoms in total. The number of ether oxygens (including phenoxy) is 1. The molecular weight excluding hydrogens is 353 g/mol. The fraction of sp³-hybridized carbons (Fsp3) is 0.263. The number of hydrogen-bond acceptors (Lipinski definition) is 4. The predicted octanol–water partition coefficient (Wildman–Crippen LogP) is 3.73. The van der Waals surface area contributed by atoms with Crippen LogP contribution in [0.1, 0.15) is 32.7 Å². The summed E-state index contributed by atoms with van der Waals surface area (Å²) in [6, 6.07) is 10.0. The first kappa shape index (κ1) is 18.1. The largest absolute Gasteiger partial charge is 0.494 e. The van der Waals surface area contributed by atoms with E-state index in [1.807, 2.05) is 42.1 Å². The Balaban J connectivity index is 1.79. The van der Waals surface area contributed by atoms with E-state index >= 15 is 0 Å². The highest BCUT2D eigenvalue weighted by Gasteiger charge is 2.20. The Kier molecular flexibility index (Phi) is 5.37. The lowest BCUT2D eigenvalue weighted by Gasteiger charge is -2.19. The monoisotopic (exact) mass is 373 g/mol. The van der Waals surface area contributed by atoms with Gasteiger partial charge in [-0.05, 0) is 49.6 Å². The molecule has 0 bridgehead atoms. The van der Waals surface area contributed by atoms with Crippen LogP contribution >= 0.6 is 11.3 Å². The van der Waals surface area contributed by atoms with Crippen molar-refractivity contribution in [3.8, 4) is 5.75 Å². The molecule has 136 valence electrons. The molecule has 1 N–H and O–H groups in total. The minimum atomic E-state index is -0.562. The second kappa shape index (κ2) is 7.70. The van der Waals surface area contributed by atoms with Gasteiger partial charge < -0.3 is 10.1 Å². The number of amides is 1. The first-order valence-electron chi connectivity index (χ1n) is 8.17. The van der Waals surface area contributed by atoms with Crippen LogP contribution in [0.3, 0.4) is 0 Å². The first-order chi connectivity index (χ1) is 12.5. The topological polar surface area (TPSA) is 56.1 Å². The third-order valence-corrected chi connectivity index (χ3v) is 5.05. The van der Waals surface area contributed by atoms with E-state index in [0.29, 0.717) is 6.54 Å². The minimum Gasteiger partial charge on any atom is -0.494 e. The number of aromatic nitrogens is 2. The van der Waals surface area contributed by atoms with Crippen LogP contribution in [-0.2, 0) is 0 Å². The van der Waals surface area contributed by atoms with E-state index in [0.717, 1.165) is 16.3 Å². The Hall–Kier alpha value is -2.67. The van der Waals surface area contributed by atoms with Crippen molar-refractivity contribution < 1.29 is 13.9 Å². The van der Waals surface area contributed by atoms with E-state index in [1.165, 1.54) is 19.2 Å². The Morgan fingerprint density at radius 1 is 1.35 bits per heavy atom. The van der Waals surface area contributed by atoms with Crippen molar-refractivity contribution in [3.63, 3.8) is 0 Å². The van der Waals surface area contributed by atoms with Crippen LogP contribution in [0.4, 0.5) is 4.39 Å². The van der Waals surface area contributed by atoms with Crippen molar-refractivity contribution >= 4 is 17.2 Å². The molecule has 0 saturated carbocycles. The molecule has 7 heteroatoms. The molecule has 1 amide bonds. The second-order valence-corrected chi connectivity index (χ2v) is 6.94. The van der Waals surface area contributed by atoms with E-state index in [1.54, 1.807) is 17.4 Å². The average Bonchev–Trinajstić information content (AvgIpc) is 3.25. The van der Waals surface area contributed by atoms with Crippen LogP contribution in [-0.4, -0.2) is 29.3 Å². The Labute approximate surface area is 155 Å². The van der Waals surface area contributed by atoms with Crippen LogP contribution in [0.25, 0.3) is 0 Å². The Bertz CT molecular complexity index is 906. The van der Waals surface area contributed by atoms with Crippen molar-refractivity contribution in [1.82, 2.24) is 15.1 Å². The maximum Gasteiger partial charge on any atom is 0.251 e. The fourth-order valence-corrected chi connectivity index (χ4v) is 3.66. The first-order valence-corrected chi connectivity index (χ1v) is 9.05. The number of benzene rings is 1. The molecule has 0 aliphatic rings. The van der Waals surface area contributed by atoms with Crippen LogP contribution in [0.15, 0.2) is 41.8 Å². The molecule has 0 fully saturated rings. The molecule has 0 aliphatic carbocycles. The van der Waals surface area contributed by atoms with Gasteiger partial charge in [-0.2, -0.15) is 5.10 Å². The van der Waals surface area contributed by atoms with Gasteiger partial charge in [0.1, 0.15) is 6.04 Å². The molecule has 2 heterocycles. The molecule has 0 spiro atoms. The summed E-state index contributed by atoms with van der Waals surface area (Å²) in [5, 5.41) is 9.43. The van der Waals surface area contributed by atoms with Gasteiger partial charge in [0.25, 0.3) is 5.91 Å². The standard InChI is InChI=1S/C19H20FN3O2S/c1-12-9-13(2)23(22-12)16(18-5-4-8-26-18)11-21-19(24)14-6-7-17(25-3)15(20)10-14/h4-10,16H,11H2,1-3H3,(H,21,24)/t16-/m0/s1. The van der Waals surface area contributed by atoms with Crippen molar-refractivity contribution in [3.05, 3.63) is 69.4 Å². The third-order valence-electron chi connectivity index (χ3n) is 4.08. The molecule has 0 unspecified atom stereocenters. The Morgan fingerprint density at radius 2 is 2.15 bits per heavy atom. The average molecular weight is 373 g/mol. The molecule has 3 aromatic rings. The van der Waals surface area contributed by atoms with Gasteiger partial charge in [0.05, 0.1) is 12.8 Å². The molecule has 2 aromatic heterocycles. The van der Waals surface area contributed by atoms with E-state index < -0.39 is 5.82 Å². The number of carbonyl (C=O) groups excluding carboxylic acids is 1. The van der Waals surface area contributed by atoms with Gasteiger partial charge in [0.15, 0.2) is 11.6 Å². The molecule has 0 saturated heterocycles. The molecule has 26 heavy (non-hydrogen) atoms. The molecule has 1 aromatic carbocycles. The molecular formula is C19H20FN3O2S.